The van der Waals surface area contributed by atoms with E-state index in [4.69, 9.17) is 10.8 Å². The van der Waals surface area contributed by atoms with Gasteiger partial charge in [-0.3, -0.25) is 14.4 Å². The third-order valence-corrected chi connectivity index (χ3v) is 5.73. The lowest BCUT2D eigenvalue weighted by molar-refractivity contribution is -0.168. The zero-order chi connectivity index (χ0) is 17.5. The maximum Gasteiger partial charge on any atom is 0.323 e. The van der Waals surface area contributed by atoms with Gasteiger partial charge in [0.15, 0.2) is 5.41 Å². The van der Waals surface area contributed by atoms with Crippen LogP contribution in [0, 0.1) is 17.3 Å². The Bertz CT molecular complexity index is 593. The number of allylic oxidation sites excluding steroid dienone is 2. The number of esters is 2. The molecular formula is C18H24O5. The second-order valence-corrected chi connectivity index (χ2v) is 6.84. The van der Waals surface area contributed by atoms with Crippen molar-refractivity contribution in [1.29, 1.82) is 0 Å². The third-order valence-electron chi connectivity index (χ3n) is 5.73. The zero-order valence-corrected chi connectivity index (χ0v) is 13.7. The van der Waals surface area contributed by atoms with Crippen LogP contribution in [-0.4, -0.2) is 31.9 Å². The summed E-state index contributed by atoms with van der Waals surface area (Å²) in [5, 5.41) is 0. The van der Waals surface area contributed by atoms with Crippen LogP contribution in [0.15, 0.2) is 11.1 Å². The van der Waals surface area contributed by atoms with E-state index in [2.05, 4.69) is 0 Å². The molecule has 126 valence electrons. The number of ketones is 1. The number of carbonyl (C=O) groups is 3. The topological polar surface area (TPSA) is 69.7 Å². The summed E-state index contributed by atoms with van der Waals surface area (Å²) >= 11 is 0. The summed E-state index contributed by atoms with van der Waals surface area (Å²) in [5.41, 5.74) is 0.827. The van der Waals surface area contributed by atoms with Crippen molar-refractivity contribution in [2.24, 2.45) is 17.3 Å². The molecule has 3 atom stereocenters. The van der Waals surface area contributed by atoms with E-state index in [1.807, 2.05) is 0 Å². The molecule has 5 heteroatoms. The molecule has 5 nitrogen and oxygen atoms in total. The molecule has 3 aliphatic carbocycles. The van der Waals surface area contributed by atoms with E-state index < -0.39 is 23.8 Å². The Hall–Kier alpha value is -1.65. The lowest BCUT2D eigenvalue weighted by Crippen LogP contribution is -2.40. The summed E-state index contributed by atoms with van der Waals surface area (Å²) in [4.78, 5) is 37.4. The average molecular weight is 321 g/mol. The van der Waals surface area contributed by atoms with Crippen LogP contribution in [0.1, 0.15) is 52.7 Å². The summed E-state index contributed by atoms with van der Waals surface area (Å²) in [6.45, 7) is 0. The van der Waals surface area contributed by atoms with Crippen LogP contribution in [0.3, 0.4) is 0 Å². The molecule has 0 amide bonds. The first kappa shape index (κ1) is 14.9. The summed E-state index contributed by atoms with van der Waals surface area (Å²) in [6, 6.07) is 0. The Labute approximate surface area is 137 Å². The first-order chi connectivity index (χ1) is 11.4. The van der Waals surface area contributed by atoms with Crippen molar-refractivity contribution in [1.82, 2.24) is 0 Å². The minimum atomic E-state index is -1.31. The molecule has 1 unspecified atom stereocenters. The van der Waals surface area contributed by atoms with Crippen LogP contribution in [0.25, 0.3) is 0 Å². The van der Waals surface area contributed by atoms with E-state index in [0.29, 0.717) is 25.7 Å². The minimum absolute atomic E-state index is 0.0256. The molecule has 0 aromatic heterocycles. The van der Waals surface area contributed by atoms with Crippen LogP contribution in [-0.2, 0) is 23.9 Å². The summed E-state index contributed by atoms with van der Waals surface area (Å²) in [6.07, 6.45) is 3.59. The van der Waals surface area contributed by atoms with Crippen molar-refractivity contribution >= 4 is 17.7 Å². The predicted octanol–water partition coefficient (Wildman–Crippen LogP) is 2.58. The molecule has 3 aliphatic rings. The Kier molecular flexibility index (Phi) is 3.95. The smallest absolute Gasteiger partial charge is 0.323 e. The molecule has 0 N–H and O–H groups in total. The highest BCUT2D eigenvalue weighted by molar-refractivity contribution is 6.01. The molecule has 1 fully saturated rings. The van der Waals surface area contributed by atoms with E-state index in [9.17, 15) is 14.4 Å². The number of fused-ring (bicyclic) bond motifs is 2. The van der Waals surface area contributed by atoms with Gasteiger partial charge in [0.1, 0.15) is 5.78 Å². The Morgan fingerprint density at radius 3 is 2.39 bits per heavy atom. The first-order valence-corrected chi connectivity index (χ1v) is 8.28. The lowest BCUT2D eigenvalue weighted by Gasteiger charge is -2.26. The van der Waals surface area contributed by atoms with Gasteiger partial charge >= 0.3 is 11.9 Å². The highest BCUT2D eigenvalue weighted by Gasteiger charge is 2.55. The molecule has 0 heterocycles. The van der Waals surface area contributed by atoms with Crippen molar-refractivity contribution < 1.29 is 25.2 Å². The highest BCUT2D eigenvalue weighted by atomic mass is 16.5. The monoisotopic (exact) mass is 321 g/mol. The molecule has 0 aliphatic heterocycles. The van der Waals surface area contributed by atoms with Gasteiger partial charge in [0.25, 0.3) is 0 Å². The van der Waals surface area contributed by atoms with Crippen LogP contribution >= 0.6 is 0 Å². The van der Waals surface area contributed by atoms with Gasteiger partial charge in [-0.15, -0.1) is 0 Å². The normalized spacial score (nSPS) is 33.2. The van der Waals surface area contributed by atoms with Gasteiger partial charge in [-0.2, -0.15) is 0 Å². The number of hydrogen-bond donors (Lipinski definition) is 0. The summed E-state index contributed by atoms with van der Waals surface area (Å²) in [5.74, 6) is -1.17. The van der Waals surface area contributed by atoms with Crippen LogP contribution < -0.4 is 0 Å². The number of Topliss-reactive ketones (excluding diaryl/α,β-unsaturated/α-hetero) is 1. The zero-order valence-electron chi connectivity index (χ0n) is 14.7. The molecule has 0 aromatic rings. The van der Waals surface area contributed by atoms with Crippen molar-refractivity contribution in [2.45, 2.75) is 51.3 Å². The van der Waals surface area contributed by atoms with Gasteiger partial charge in [-0.1, -0.05) is 17.6 Å². The summed E-state index contributed by atoms with van der Waals surface area (Å²) in [7, 11) is 2.56. The standard InChI is InChI=1S/C18H24O5/c1-22-16(20)18(17(21)23-2)9-11-5-3-8-15(19)13-7-4-6-12(13)14(11)10-18/h12-13H,3-10H2,1-2H3/t12-,13-/m0/s1/i8D/t8?,12-,13-. The van der Waals surface area contributed by atoms with E-state index in [-0.39, 0.29) is 17.6 Å². The molecule has 3 rings (SSSR count). The fraction of sp³-hybridized carbons (Fsp3) is 0.722. The number of rotatable bonds is 2. The molecule has 0 spiro atoms. The van der Waals surface area contributed by atoms with E-state index >= 15 is 0 Å². The van der Waals surface area contributed by atoms with Crippen molar-refractivity contribution in [2.75, 3.05) is 14.2 Å². The number of hydrogen-bond acceptors (Lipinski definition) is 5. The van der Waals surface area contributed by atoms with E-state index in [1.165, 1.54) is 14.2 Å². The van der Waals surface area contributed by atoms with Crippen molar-refractivity contribution in [3.05, 3.63) is 11.1 Å². The molecule has 0 bridgehead atoms. The molecular weight excluding hydrogens is 296 g/mol. The molecule has 0 radical (unpaired) electrons. The Morgan fingerprint density at radius 1 is 1.09 bits per heavy atom. The molecule has 1 saturated carbocycles. The number of methoxy groups -OCH3 is 2. The fourth-order valence-electron chi connectivity index (χ4n) is 4.65. The van der Waals surface area contributed by atoms with E-state index in [0.717, 1.165) is 30.4 Å². The largest absolute Gasteiger partial charge is 0.468 e. The van der Waals surface area contributed by atoms with Gasteiger partial charge in [0, 0.05) is 13.7 Å². The Balaban J connectivity index is 1.99. The second kappa shape index (κ2) is 6.10. The van der Waals surface area contributed by atoms with E-state index in [1.54, 1.807) is 0 Å². The van der Waals surface area contributed by atoms with Crippen LogP contribution in [0.4, 0.5) is 0 Å². The fourth-order valence-corrected chi connectivity index (χ4v) is 4.65. The predicted molar refractivity (Wildman–Crippen MR) is 82.4 cm³/mol. The quantitative estimate of drug-likeness (QED) is 0.444. The lowest BCUT2D eigenvalue weighted by atomic mass is 9.78. The average Bonchev–Trinajstić information content (AvgIpc) is 3.21. The highest BCUT2D eigenvalue weighted by Crippen LogP contribution is 2.53. The van der Waals surface area contributed by atoms with Gasteiger partial charge in [0.2, 0.25) is 0 Å². The maximum atomic E-state index is 12.5. The molecule has 0 aromatic carbocycles. The van der Waals surface area contributed by atoms with Crippen LogP contribution in [0.5, 0.6) is 0 Å². The molecule has 0 saturated heterocycles. The minimum Gasteiger partial charge on any atom is -0.468 e. The van der Waals surface area contributed by atoms with Gasteiger partial charge in [-0.05, 0) is 44.4 Å². The van der Waals surface area contributed by atoms with Gasteiger partial charge in [-0.25, -0.2) is 0 Å². The van der Waals surface area contributed by atoms with Gasteiger partial charge < -0.3 is 9.47 Å². The Morgan fingerprint density at radius 2 is 1.74 bits per heavy atom. The van der Waals surface area contributed by atoms with Crippen LogP contribution in [0.2, 0.25) is 0 Å². The maximum absolute atomic E-state index is 12.5. The van der Waals surface area contributed by atoms with Crippen molar-refractivity contribution in [3.63, 3.8) is 0 Å². The van der Waals surface area contributed by atoms with Gasteiger partial charge in [0.05, 0.1) is 14.2 Å². The first-order valence-electron chi connectivity index (χ1n) is 8.86. The number of ether oxygens (including phenoxy) is 2. The third kappa shape index (κ3) is 2.50. The SMILES string of the molecule is [2H]C1CCC2=C(CC(C(=O)OC)(C(=O)OC)C2)[C@H]2CCC[C@@H]2C1=O. The second-order valence-electron chi connectivity index (χ2n) is 6.84. The van der Waals surface area contributed by atoms with Crippen molar-refractivity contribution in [3.8, 4) is 0 Å². The summed E-state index contributed by atoms with van der Waals surface area (Å²) < 4.78 is 17.9. The number of carbonyl (C=O) groups excluding carboxylic acids is 3. The molecule has 23 heavy (non-hydrogen) atoms.